The highest BCUT2D eigenvalue weighted by atomic mass is 32.1. The maximum atomic E-state index is 12.2. The predicted molar refractivity (Wildman–Crippen MR) is 111 cm³/mol. The van der Waals surface area contributed by atoms with Gasteiger partial charge in [-0.3, -0.25) is 14.4 Å². The number of anilines is 1. The molecule has 1 aromatic heterocycles. The molecule has 1 aliphatic rings. The molecule has 1 aromatic carbocycles. The number of benzene rings is 1. The van der Waals surface area contributed by atoms with Crippen LogP contribution < -0.4 is 15.4 Å². The maximum Gasteiger partial charge on any atom is 0.344 e. The van der Waals surface area contributed by atoms with Crippen LogP contribution >= 0.6 is 11.3 Å². The van der Waals surface area contributed by atoms with Crippen LogP contribution in [0.3, 0.4) is 0 Å². The summed E-state index contributed by atoms with van der Waals surface area (Å²) in [7, 11) is 0. The number of ketones is 1. The molecule has 2 aromatic rings. The second kappa shape index (κ2) is 10.0. The fourth-order valence-electron chi connectivity index (χ4n) is 2.87. The Morgan fingerprint density at radius 1 is 1.13 bits per heavy atom. The van der Waals surface area contributed by atoms with E-state index in [4.69, 9.17) is 9.47 Å². The van der Waals surface area contributed by atoms with E-state index in [-0.39, 0.29) is 30.8 Å². The van der Waals surface area contributed by atoms with E-state index in [9.17, 15) is 19.2 Å². The van der Waals surface area contributed by atoms with Crippen LogP contribution in [0.4, 0.5) is 5.69 Å². The average Bonchev–Trinajstić information content (AvgIpc) is 3.19. The molecule has 0 unspecified atom stereocenters. The van der Waals surface area contributed by atoms with Crippen LogP contribution in [0.15, 0.2) is 30.3 Å². The van der Waals surface area contributed by atoms with E-state index in [1.807, 2.05) is 6.07 Å². The standard InChI is InChI=1S/C21H22N2O6S/c1-13(24)22-9-8-16-4-6-19(30-16)18(25)11-29-21(27)12-28-15-3-5-17-14(10-15)2-7-20(26)23-17/h3-6,10H,2,7-9,11-12H2,1H3,(H,22,24)(H,23,26). The number of hydrogen-bond donors (Lipinski definition) is 2. The van der Waals surface area contributed by atoms with Crippen molar-refractivity contribution in [1.82, 2.24) is 5.32 Å². The van der Waals surface area contributed by atoms with Gasteiger partial charge in [0.2, 0.25) is 17.6 Å². The minimum Gasteiger partial charge on any atom is -0.482 e. The second-order valence-electron chi connectivity index (χ2n) is 6.74. The number of nitrogens with one attached hydrogen (secondary N) is 2. The minimum atomic E-state index is -0.642. The molecular formula is C21H22N2O6S. The Bertz CT molecular complexity index is 968. The number of thiophene rings is 1. The normalized spacial score (nSPS) is 12.5. The summed E-state index contributed by atoms with van der Waals surface area (Å²) in [6, 6.07) is 8.69. The number of carbonyl (C=O) groups is 4. The van der Waals surface area contributed by atoms with Gasteiger partial charge in [0.05, 0.1) is 4.88 Å². The fraction of sp³-hybridized carbons (Fsp3) is 0.333. The van der Waals surface area contributed by atoms with Crippen LogP contribution in [-0.2, 0) is 32.0 Å². The van der Waals surface area contributed by atoms with Gasteiger partial charge >= 0.3 is 5.97 Å². The molecule has 1 aliphatic heterocycles. The van der Waals surface area contributed by atoms with Crippen molar-refractivity contribution in [3.8, 4) is 5.75 Å². The van der Waals surface area contributed by atoms with E-state index in [1.165, 1.54) is 18.3 Å². The van der Waals surface area contributed by atoms with Crippen molar-refractivity contribution >= 4 is 40.6 Å². The Balaban J connectivity index is 1.41. The highest BCUT2D eigenvalue weighted by molar-refractivity contribution is 7.14. The van der Waals surface area contributed by atoms with Crippen molar-refractivity contribution in [2.75, 3.05) is 25.1 Å². The molecule has 0 saturated heterocycles. The van der Waals surface area contributed by atoms with Crippen molar-refractivity contribution in [3.05, 3.63) is 45.6 Å². The molecule has 0 fully saturated rings. The molecule has 3 rings (SSSR count). The summed E-state index contributed by atoms with van der Waals surface area (Å²) in [5.41, 5.74) is 1.70. The first-order valence-corrected chi connectivity index (χ1v) is 10.3. The zero-order chi connectivity index (χ0) is 21.5. The number of esters is 1. The molecular weight excluding hydrogens is 408 g/mol. The third kappa shape index (κ3) is 6.15. The van der Waals surface area contributed by atoms with Gasteiger partial charge in [0.15, 0.2) is 13.2 Å². The molecule has 2 heterocycles. The van der Waals surface area contributed by atoms with Gasteiger partial charge in [-0.05, 0) is 48.7 Å². The Labute approximate surface area is 177 Å². The summed E-state index contributed by atoms with van der Waals surface area (Å²) in [5.74, 6) is -0.551. The van der Waals surface area contributed by atoms with Gasteiger partial charge in [0, 0.05) is 30.5 Å². The van der Waals surface area contributed by atoms with Crippen LogP contribution in [0.1, 0.15) is 33.5 Å². The van der Waals surface area contributed by atoms with Crippen LogP contribution in [0, 0.1) is 0 Å². The van der Waals surface area contributed by atoms with Gasteiger partial charge in [-0.25, -0.2) is 4.79 Å². The lowest BCUT2D eigenvalue weighted by Crippen LogP contribution is -2.22. The van der Waals surface area contributed by atoms with E-state index in [0.29, 0.717) is 36.4 Å². The summed E-state index contributed by atoms with van der Waals surface area (Å²) in [5, 5.41) is 5.48. The fourth-order valence-corrected chi connectivity index (χ4v) is 3.81. The summed E-state index contributed by atoms with van der Waals surface area (Å²) < 4.78 is 10.4. The first-order valence-electron chi connectivity index (χ1n) is 9.48. The Morgan fingerprint density at radius 2 is 1.97 bits per heavy atom. The number of Topliss-reactive ketones (excluding diaryl/α,β-unsaturated/α-hetero) is 1. The van der Waals surface area contributed by atoms with E-state index < -0.39 is 5.97 Å². The number of aryl methyl sites for hydroxylation is 1. The SMILES string of the molecule is CC(=O)NCCc1ccc(C(=O)COC(=O)COc2ccc3c(c2)CCC(=O)N3)s1. The van der Waals surface area contributed by atoms with E-state index >= 15 is 0 Å². The van der Waals surface area contributed by atoms with Crippen molar-refractivity contribution in [1.29, 1.82) is 0 Å². The summed E-state index contributed by atoms with van der Waals surface area (Å²) >= 11 is 1.31. The molecule has 2 N–H and O–H groups in total. The number of ether oxygens (including phenoxy) is 2. The third-order valence-electron chi connectivity index (χ3n) is 4.37. The van der Waals surface area contributed by atoms with Gasteiger partial charge in [-0.1, -0.05) is 0 Å². The quantitative estimate of drug-likeness (QED) is 0.466. The van der Waals surface area contributed by atoms with Crippen LogP contribution in [-0.4, -0.2) is 43.3 Å². The second-order valence-corrected chi connectivity index (χ2v) is 7.91. The lowest BCUT2D eigenvalue weighted by molar-refractivity contribution is -0.144. The van der Waals surface area contributed by atoms with Crippen LogP contribution in [0.2, 0.25) is 0 Å². The first kappa shape index (κ1) is 21.5. The predicted octanol–water partition coefficient (Wildman–Crippen LogP) is 2.12. The Kier molecular flexibility index (Phi) is 7.18. The molecule has 0 bridgehead atoms. The molecule has 158 valence electrons. The topological polar surface area (TPSA) is 111 Å². The molecule has 0 aliphatic carbocycles. The van der Waals surface area contributed by atoms with Crippen molar-refractivity contribution in [2.45, 2.75) is 26.2 Å². The molecule has 2 amide bonds. The van der Waals surface area contributed by atoms with Gasteiger partial charge in [0.25, 0.3) is 0 Å². The minimum absolute atomic E-state index is 0.0185. The van der Waals surface area contributed by atoms with Crippen LogP contribution in [0.25, 0.3) is 0 Å². The van der Waals surface area contributed by atoms with Gasteiger partial charge < -0.3 is 20.1 Å². The number of carbonyl (C=O) groups excluding carboxylic acids is 4. The number of amides is 2. The largest absolute Gasteiger partial charge is 0.482 e. The molecule has 30 heavy (non-hydrogen) atoms. The molecule has 8 nitrogen and oxygen atoms in total. The van der Waals surface area contributed by atoms with E-state index in [1.54, 1.807) is 24.3 Å². The lowest BCUT2D eigenvalue weighted by atomic mass is 10.0. The first-order chi connectivity index (χ1) is 14.4. The van der Waals surface area contributed by atoms with Gasteiger partial charge in [-0.15, -0.1) is 11.3 Å². The molecule has 0 saturated carbocycles. The summed E-state index contributed by atoms with van der Waals surface area (Å²) in [4.78, 5) is 47.8. The van der Waals surface area contributed by atoms with E-state index in [0.717, 1.165) is 16.1 Å². The average molecular weight is 430 g/mol. The van der Waals surface area contributed by atoms with Crippen molar-refractivity contribution in [2.24, 2.45) is 0 Å². The highest BCUT2D eigenvalue weighted by Crippen LogP contribution is 2.26. The zero-order valence-electron chi connectivity index (χ0n) is 16.5. The number of hydrogen-bond acceptors (Lipinski definition) is 7. The summed E-state index contributed by atoms with van der Waals surface area (Å²) in [6.07, 6.45) is 1.67. The summed E-state index contributed by atoms with van der Waals surface area (Å²) in [6.45, 7) is 1.28. The molecule has 0 radical (unpaired) electrons. The Hall–Kier alpha value is -3.20. The van der Waals surface area contributed by atoms with Gasteiger partial charge in [0.1, 0.15) is 5.75 Å². The van der Waals surface area contributed by atoms with Crippen molar-refractivity contribution in [3.63, 3.8) is 0 Å². The van der Waals surface area contributed by atoms with Gasteiger partial charge in [-0.2, -0.15) is 0 Å². The molecule has 9 heteroatoms. The smallest absolute Gasteiger partial charge is 0.344 e. The van der Waals surface area contributed by atoms with Crippen LogP contribution in [0.5, 0.6) is 5.75 Å². The highest BCUT2D eigenvalue weighted by Gasteiger charge is 2.16. The lowest BCUT2D eigenvalue weighted by Gasteiger charge is -2.17. The van der Waals surface area contributed by atoms with E-state index in [2.05, 4.69) is 10.6 Å². The molecule has 0 spiro atoms. The Morgan fingerprint density at radius 3 is 2.77 bits per heavy atom. The number of fused-ring (bicyclic) bond motifs is 1. The zero-order valence-corrected chi connectivity index (χ0v) is 17.3. The van der Waals surface area contributed by atoms with Crippen molar-refractivity contribution < 1.29 is 28.7 Å². The molecule has 0 atom stereocenters. The third-order valence-corrected chi connectivity index (χ3v) is 5.56. The maximum absolute atomic E-state index is 12.2. The monoisotopic (exact) mass is 430 g/mol. The number of rotatable bonds is 9.